The van der Waals surface area contributed by atoms with Gasteiger partial charge < -0.3 is 14.4 Å². The number of rotatable bonds is 5. The number of fused-ring (bicyclic) bond motifs is 4. The molecule has 7 rings (SSSR count). The number of nitrogens with zero attached hydrogens (tertiary/aromatic N) is 2. The van der Waals surface area contributed by atoms with Crippen LogP contribution in [0.15, 0.2) is 96.7 Å². The molecule has 4 heterocycles. The number of carbonyl (C=O) groups excluding carboxylic acids is 4. The second kappa shape index (κ2) is 9.74. The minimum Gasteiger partial charge on any atom is -0.486 e. The van der Waals surface area contributed by atoms with Crippen LogP contribution in [0, 0.1) is 11.8 Å². The predicted molar refractivity (Wildman–Crippen MR) is 150 cm³/mol. The predicted octanol–water partition coefficient (Wildman–Crippen LogP) is 4.49. The van der Waals surface area contributed by atoms with Crippen LogP contribution in [0.1, 0.15) is 20.7 Å². The maximum atomic E-state index is 14.1. The Hall–Kier alpha value is -4.69. The quantitative estimate of drug-likeness (QED) is 0.332. The molecule has 8 nitrogen and oxygen atoms in total. The van der Waals surface area contributed by atoms with Crippen molar-refractivity contribution in [3.8, 4) is 11.5 Å². The molecule has 0 saturated carbocycles. The summed E-state index contributed by atoms with van der Waals surface area (Å²) >= 11 is 6.05. The van der Waals surface area contributed by atoms with E-state index in [1.165, 1.54) is 0 Å². The lowest BCUT2D eigenvalue weighted by Gasteiger charge is -2.33. The normalized spacial score (nSPS) is 24.2. The Labute approximate surface area is 240 Å². The van der Waals surface area contributed by atoms with Crippen LogP contribution in [-0.4, -0.2) is 53.6 Å². The van der Waals surface area contributed by atoms with E-state index in [9.17, 15) is 19.2 Å². The summed E-state index contributed by atoms with van der Waals surface area (Å²) in [6.07, 6.45) is 5.01. The molecule has 204 valence electrons. The van der Waals surface area contributed by atoms with Crippen molar-refractivity contribution in [1.82, 2.24) is 4.90 Å². The highest BCUT2D eigenvalue weighted by molar-refractivity contribution is 6.30. The molecule has 0 bridgehead atoms. The second-order valence-corrected chi connectivity index (χ2v) is 10.7. The standard InChI is InChI=1S/C32H23ClN2O6/c33-21-8-6-19(7-9-21)30(37)28-27-26(23-16-20(12-13-34(23)28)29(36)18-4-2-1-3-5-18)31(38)35(32(27)39)22-10-11-24-25(17-22)41-15-14-40-24/h1-13,16-17,23,26-28H,14-15H2/t23-,26-,27-,28+/m0/s1. The number of hydrogen-bond acceptors (Lipinski definition) is 7. The minimum absolute atomic E-state index is 0.203. The van der Waals surface area contributed by atoms with Crippen molar-refractivity contribution in [2.45, 2.75) is 12.1 Å². The molecular formula is C32H23ClN2O6. The number of ketones is 2. The van der Waals surface area contributed by atoms with Gasteiger partial charge in [0.2, 0.25) is 11.8 Å². The second-order valence-electron chi connectivity index (χ2n) is 10.3. The van der Waals surface area contributed by atoms with Gasteiger partial charge in [0.05, 0.1) is 23.6 Å². The van der Waals surface area contributed by atoms with Crippen LogP contribution in [0.3, 0.4) is 0 Å². The number of anilines is 1. The Kier molecular flexibility index (Phi) is 6.01. The largest absolute Gasteiger partial charge is 0.486 e. The van der Waals surface area contributed by atoms with Gasteiger partial charge in [0.1, 0.15) is 19.3 Å². The molecular weight excluding hydrogens is 544 g/mol. The van der Waals surface area contributed by atoms with E-state index < -0.39 is 35.7 Å². The van der Waals surface area contributed by atoms with E-state index in [0.29, 0.717) is 52.1 Å². The number of imide groups is 1. The zero-order valence-corrected chi connectivity index (χ0v) is 22.4. The van der Waals surface area contributed by atoms with Crippen LogP contribution in [0.25, 0.3) is 0 Å². The van der Waals surface area contributed by atoms with Crippen LogP contribution in [0.4, 0.5) is 5.69 Å². The third-order valence-corrected chi connectivity index (χ3v) is 8.28. The monoisotopic (exact) mass is 566 g/mol. The third kappa shape index (κ3) is 4.05. The average Bonchev–Trinajstić information content (AvgIpc) is 3.48. The van der Waals surface area contributed by atoms with Crippen molar-refractivity contribution in [3.05, 3.63) is 113 Å². The van der Waals surface area contributed by atoms with Crippen molar-refractivity contribution >= 4 is 40.7 Å². The summed E-state index contributed by atoms with van der Waals surface area (Å²) in [6, 6.07) is 18.6. The van der Waals surface area contributed by atoms with Gasteiger partial charge in [-0.05, 0) is 42.5 Å². The Bertz CT molecular complexity index is 1670. The molecule has 0 N–H and O–H groups in total. The molecule has 3 aromatic rings. The van der Waals surface area contributed by atoms with Crippen molar-refractivity contribution in [1.29, 1.82) is 0 Å². The van der Waals surface area contributed by atoms with Gasteiger partial charge in [0.15, 0.2) is 23.1 Å². The molecule has 0 aliphatic carbocycles. The summed E-state index contributed by atoms with van der Waals surface area (Å²) in [5.41, 5.74) is 1.62. The van der Waals surface area contributed by atoms with Gasteiger partial charge >= 0.3 is 0 Å². The number of Topliss-reactive ketones (excluding diaryl/α,β-unsaturated/α-hetero) is 2. The molecule has 4 aliphatic heterocycles. The zero-order valence-electron chi connectivity index (χ0n) is 21.6. The topological polar surface area (TPSA) is 93.2 Å². The molecule has 4 aliphatic rings. The van der Waals surface area contributed by atoms with Gasteiger partial charge in [-0.3, -0.25) is 19.2 Å². The van der Waals surface area contributed by atoms with Crippen molar-refractivity contribution in [2.75, 3.05) is 18.1 Å². The Morgan fingerprint density at radius 2 is 1.51 bits per heavy atom. The first-order chi connectivity index (χ1) is 19.9. The zero-order chi connectivity index (χ0) is 28.2. The lowest BCUT2D eigenvalue weighted by Crippen LogP contribution is -2.46. The van der Waals surface area contributed by atoms with Crippen LogP contribution in [0.2, 0.25) is 5.02 Å². The van der Waals surface area contributed by atoms with Crippen LogP contribution in [-0.2, 0) is 9.59 Å². The van der Waals surface area contributed by atoms with E-state index in [1.807, 2.05) is 6.07 Å². The third-order valence-electron chi connectivity index (χ3n) is 8.03. The highest BCUT2D eigenvalue weighted by Gasteiger charge is 2.63. The molecule has 2 amide bonds. The molecule has 0 radical (unpaired) electrons. The summed E-state index contributed by atoms with van der Waals surface area (Å²) in [6.45, 7) is 0.765. The molecule has 0 unspecified atom stereocenters. The van der Waals surface area contributed by atoms with Gasteiger partial charge in [0.25, 0.3) is 0 Å². The summed E-state index contributed by atoms with van der Waals surface area (Å²) in [4.78, 5) is 58.3. The molecule has 3 aromatic carbocycles. The maximum Gasteiger partial charge on any atom is 0.240 e. The number of halogens is 1. The van der Waals surface area contributed by atoms with Gasteiger partial charge in [-0.25, -0.2) is 4.90 Å². The van der Waals surface area contributed by atoms with E-state index in [4.69, 9.17) is 21.1 Å². The first-order valence-corrected chi connectivity index (χ1v) is 13.6. The van der Waals surface area contributed by atoms with Gasteiger partial charge in [-0.1, -0.05) is 48.0 Å². The van der Waals surface area contributed by atoms with Crippen molar-refractivity contribution in [2.24, 2.45) is 11.8 Å². The first kappa shape index (κ1) is 25.3. The SMILES string of the molecule is O=C(C1=C[C@H]2[C@@H]3C(=O)N(c4ccc5c(c4)OCCO5)C(=O)[C@@H]3[C@H](C(=O)c3ccc(Cl)cc3)N2C=C1)c1ccccc1. The number of hydrogen-bond donors (Lipinski definition) is 0. The van der Waals surface area contributed by atoms with Crippen LogP contribution < -0.4 is 14.4 Å². The van der Waals surface area contributed by atoms with E-state index in [2.05, 4.69) is 0 Å². The fourth-order valence-electron chi connectivity index (χ4n) is 6.16. The lowest BCUT2D eigenvalue weighted by atomic mass is 9.85. The maximum absolute atomic E-state index is 14.1. The number of benzene rings is 3. The fourth-order valence-corrected chi connectivity index (χ4v) is 6.29. The lowest BCUT2D eigenvalue weighted by molar-refractivity contribution is -0.123. The van der Waals surface area contributed by atoms with E-state index in [1.54, 1.807) is 90.0 Å². The minimum atomic E-state index is -0.962. The van der Waals surface area contributed by atoms with Crippen LogP contribution >= 0.6 is 11.6 Å². The van der Waals surface area contributed by atoms with Gasteiger partial charge in [0, 0.05) is 34.0 Å². The van der Waals surface area contributed by atoms with Crippen molar-refractivity contribution < 1.29 is 28.7 Å². The van der Waals surface area contributed by atoms with Crippen molar-refractivity contribution in [3.63, 3.8) is 0 Å². The summed E-state index contributed by atoms with van der Waals surface area (Å²) in [5, 5.41) is 0.477. The van der Waals surface area contributed by atoms with Gasteiger partial charge in [-0.2, -0.15) is 0 Å². The highest BCUT2D eigenvalue weighted by Crippen LogP contribution is 2.48. The molecule has 2 saturated heterocycles. The molecule has 0 spiro atoms. The Balaban J connectivity index is 1.30. The van der Waals surface area contributed by atoms with E-state index in [0.717, 1.165) is 4.90 Å². The molecule has 9 heteroatoms. The average molecular weight is 567 g/mol. The first-order valence-electron chi connectivity index (χ1n) is 13.3. The summed E-state index contributed by atoms with van der Waals surface area (Å²) < 4.78 is 11.3. The molecule has 2 fully saturated rings. The van der Waals surface area contributed by atoms with Gasteiger partial charge in [-0.15, -0.1) is 0 Å². The number of carbonyl (C=O) groups is 4. The number of amides is 2. The summed E-state index contributed by atoms with van der Waals surface area (Å²) in [5.74, 6) is -2.28. The Morgan fingerprint density at radius 1 is 0.805 bits per heavy atom. The highest BCUT2D eigenvalue weighted by atomic mass is 35.5. The number of ether oxygens (including phenoxy) is 2. The number of allylic oxidation sites excluding steroid dienone is 2. The Morgan fingerprint density at radius 3 is 2.27 bits per heavy atom. The van der Waals surface area contributed by atoms with Crippen LogP contribution in [0.5, 0.6) is 11.5 Å². The molecule has 4 atom stereocenters. The summed E-state index contributed by atoms with van der Waals surface area (Å²) in [7, 11) is 0. The van der Waals surface area contributed by atoms with E-state index >= 15 is 0 Å². The van der Waals surface area contributed by atoms with E-state index in [-0.39, 0.29) is 11.6 Å². The molecule has 41 heavy (non-hydrogen) atoms. The fraction of sp³-hybridized carbons (Fsp3) is 0.188. The molecule has 0 aromatic heterocycles. The smallest absolute Gasteiger partial charge is 0.240 e.